The molecule has 1 aromatic rings. The molecule has 4 aliphatic carbocycles. The first kappa shape index (κ1) is 37.1. The highest BCUT2D eigenvalue weighted by molar-refractivity contribution is 5.57. The van der Waals surface area contributed by atoms with Crippen LogP contribution in [0.15, 0.2) is 46.6 Å². The quantitative estimate of drug-likeness (QED) is 0.142. The van der Waals surface area contributed by atoms with Crippen LogP contribution in [0.2, 0.25) is 0 Å². The van der Waals surface area contributed by atoms with E-state index in [-0.39, 0.29) is 17.9 Å². The highest BCUT2D eigenvalue weighted by Crippen LogP contribution is 2.51. The van der Waals surface area contributed by atoms with Gasteiger partial charge in [-0.1, -0.05) is 126 Å². The number of carbonyl (C=O) groups excluding carboxylic acids is 1. The summed E-state index contributed by atoms with van der Waals surface area (Å²) in [7, 11) is 0. The maximum Gasteiger partial charge on any atom is 0.124 e. The van der Waals surface area contributed by atoms with Gasteiger partial charge in [0.25, 0.3) is 0 Å². The minimum Gasteiger partial charge on any atom is -0.508 e. The highest BCUT2D eigenvalue weighted by atomic mass is 16.3. The molecule has 0 heterocycles. The van der Waals surface area contributed by atoms with Crippen molar-refractivity contribution in [2.75, 3.05) is 0 Å². The van der Waals surface area contributed by atoms with E-state index in [1.807, 2.05) is 6.07 Å². The molecule has 0 aliphatic heterocycles. The monoisotopic (exact) mass is 657 g/mol. The molecule has 4 aliphatic rings. The highest BCUT2D eigenvalue weighted by Gasteiger charge is 2.43. The van der Waals surface area contributed by atoms with Gasteiger partial charge in [0.15, 0.2) is 0 Å². The van der Waals surface area contributed by atoms with Crippen molar-refractivity contribution in [2.45, 2.75) is 169 Å². The van der Waals surface area contributed by atoms with Crippen LogP contribution in [0.5, 0.6) is 5.75 Å². The van der Waals surface area contributed by atoms with E-state index < -0.39 is 0 Å². The van der Waals surface area contributed by atoms with Crippen molar-refractivity contribution in [1.29, 1.82) is 0 Å². The number of hydrogen-bond acceptors (Lipinski definition) is 3. The predicted octanol–water partition coefficient (Wildman–Crippen LogP) is 12.1. The van der Waals surface area contributed by atoms with Gasteiger partial charge in [-0.2, -0.15) is 0 Å². The van der Waals surface area contributed by atoms with Crippen LogP contribution in [0.4, 0.5) is 0 Å². The van der Waals surface area contributed by atoms with E-state index in [2.05, 4.69) is 59.8 Å². The number of allylic oxidation sites excluding steroid dienone is 5. The Bertz CT molecular complexity index is 1310. The molecular formula is C45H68O3. The molecule has 3 saturated carbocycles. The molecule has 48 heavy (non-hydrogen) atoms. The molecule has 5 rings (SSSR count). The Kier molecular flexibility index (Phi) is 13.3. The Morgan fingerprint density at radius 1 is 0.875 bits per heavy atom. The summed E-state index contributed by atoms with van der Waals surface area (Å²) >= 11 is 0. The third-order valence-electron chi connectivity index (χ3n) is 13.7. The number of rotatable bonds is 11. The standard InChI is InChI=1S/C45H68O3/c1-29(24-25-46)38(23-22-35-16-10-7-11-17-35)41(39-28-40(42(47)27-30(39)2)36-18-12-8-13-19-36)26-31(3)43-32(4)33(5)45(48)44(34(43)6)37-20-14-9-15-21-37/h22-23,25,27-28,31,33-37,41,44-45,47-48H,7-21,24,26H2,1-6H3/b23-22+,38-29+. The summed E-state index contributed by atoms with van der Waals surface area (Å²) in [6.07, 6.45) is 26.1. The molecule has 6 unspecified atom stereocenters. The SMILES string of the molecule is CC1=C(C(C)CC(C(/C=C/C2CCCCC2)=C(\C)CC=O)c2cc(C3CCCCC3)c(O)cc2C)C(C)C(C2CCCCC2)C(O)C1C. The molecule has 0 spiro atoms. The Morgan fingerprint density at radius 2 is 1.48 bits per heavy atom. The lowest BCUT2D eigenvalue weighted by Crippen LogP contribution is -2.44. The predicted molar refractivity (Wildman–Crippen MR) is 201 cm³/mol. The zero-order chi connectivity index (χ0) is 34.4. The van der Waals surface area contributed by atoms with Gasteiger partial charge >= 0.3 is 0 Å². The molecule has 3 nitrogen and oxygen atoms in total. The molecule has 0 bridgehead atoms. The van der Waals surface area contributed by atoms with Crippen LogP contribution < -0.4 is 0 Å². The number of aliphatic hydroxyl groups excluding tert-OH is 1. The number of carbonyl (C=O) groups is 1. The molecule has 0 amide bonds. The summed E-state index contributed by atoms with van der Waals surface area (Å²) in [4.78, 5) is 12.0. The van der Waals surface area contributed by atoms with E-state index in [4.69, 9.17) is 0 Å². The van der Waals surface area contributed by atoms with E-state index in [0.29, 0.717) is 47.7 Å². The average molecular weight is 657 g/mol. The zero-order valence-electron chi connectivity index (χ0n) is 31.4. The Balaban J connectivity index is 1.58. The van der Waals surface area contributed by atoms with Crippen LogP contribution in [-0.2, 0) is 4.79 Å². The van der Waals surface area contributed by atoms with E-state index in [0.717, 1.165) is 36.7 Å². The molecule has 2 N–H and O–H groups in total. The van der Waals surface area contributed by atoms with Gasteiger partial charge in [0.05, 0.1) is 6.10 Å². The summed E-state index contributed by atoms with van der Waals surface area (Å²) in [6, 6.07) is 4.42. The van der Waals surface area contributed by atoms with Crippen LogP contribution in [0.3, 0.4) is 0 Å². The number of aryl methyl sites for hydroxylation is 1. The second-order valence-electron chi connectivity index (χ2n) is 16.8. The van der Waals surface area contributed by atoms with Crippen molar-refractivity contribution in [1.82, 2.24) is 0 Å². The lowest BCUT2D eigenvalue weighted by atomic mass is 9.60. The number of phenolic OH excluding ortho intramolecular Hbond substituents is 1. The van der Waals surface area contributed by atoms with E-state index >= 15 is 0 Å². The first-order valence-electron chi connectivity index (χ1n) is 20.2. The van der Waals surface area contributed by atoms with E-state index in [9.17, 15) is 15.0 Å². The van der Waals surface area contributed by atoms with Gasteiger partial charge < -0.3 is 15.0 Å². The van der Waals surface area contributed by atoms with Crippen LogP contribution >= 0.6 is 0 Å². The fraction of sp³-hybridized carbons (Fsp3) is 0.711. The number of phenols is 1. The van der Waals surface area contributed by atoms with E-state index in [1.165, 1.54) is 106 Å². The maximum atomic E-state index is 12.0. The summed E-state index contributed by atoms with van der Waals surface area (Å²) in [6.45, 7) is 13.8. The van der Waals surface area contributed by atoms with Crippen molar-refractivity contribution < 1.29 is 15.0 Å². The number of benzene rings is 1. The fourth-order valence-electron chi connectivity index (χ4n) is 10.9. The molecule has 266 valence electrons. The van der Waals surface area contributed by atoms with Crippen molar-refractivity contribution in [3.8, 4) is 5.75 Å². The van der Waals surface area contributed by atoms with E-state index in [1.54, 1.807) is 5.57 Å². The molecule has 0 saturated heterocycles. The fourth-order valence-corrected chi connectivity index (χ4v) is 10.9. The lowest BCUT2D eigenvalue weighted by molar-refractivity contribution is -0.107. The molecule has 6 atom stereocenters. The van der Waals surface area contributed by atoms with Crippen LogP contribution in [0.25, 0.3) is 0 Å². The first-order valence-corrected chi connectivity index (χ1v) is 20.2. The van der Waals surface area contributed by atoms with Crippen LogP contribution in [0, 0.1) is 42.4 Å². The van der Waals surface area contributed by atoms with Gasteiger partial charge in [-0.15, -0.1) is 0 Å². The minimum atomic E-state index is -0.268. The molecule has 0 aromatic heterocycles. The second-order valence-corrected chi connectivity index (χ2v) is 16.8. The van der Waals surface area contributed by atoms with Gasteiger partial charge in [0.1, 0.15) is 12.0 Å². The van der Waals surface area contributed by atoms with Gasteiger partial charge in [0, 0.05) is 18.3 Å². The van der Waals surface area contributed by atoms with Crippen molar-refractivity contribution in [3.05, 3.63) is 63.3 Å². The molecule has 3 fully saturated rings. The number of aromatic hydroxyl groups is 1. The Hall–Kier alpha value is -2.13. The summed E-state index contributed by atoms with van der Waals surface area (Å²) in [5.74, 6) is 3.41. The maximum absolute atomic E-state index is 12.0. The minimum absolute atomic E-state index is 0.130. The lowest BCUT2D eigenvalue weighted by Gasteiger charge is -2.47. The Labute approximate surface area is 293 Å². The summed E-state index contributed by atoms with van der Waals surface area (Å²) in [5.41, 5.74) is 9.05. The summed E-state index contributed by atoms with van der Waals surface area (Å²) in [5, 5.41) is 23.0. The van der Waals surface area contributed by atoms with Gasteiger partial charge in [-0.05, 0) is 117 Å². The second kappa shape index (κ2) is 17.2. The third-order valence-corrected chi connectivity index (χ3v) is 13.7. The smallest absolute Gasteiger partial charge is 0.124 e. The first-order chi connectivity index (χ1) is 23.1. The summed E-state index contributed by atoms with van der Waals surface area (Å²) < 4.78 is 0. The molecule has 1 aromatic carbocycles. The number of hydrogen-bond donors (Lipinski definition) is 2. The van der Waals surface area contributed by atoms with Crippen molar-refractivity contribution >= 4 is 6.29 Å². The third kappa shape index (κ3) is 8.42. The Morgan fingerprint density at radius 3 is 2.10 bits per heavy atom. The average Bonchev–Trinajstić information content (AvgIpc) is 3.08. The molecular weight excluding hydrogens is 588 g/mol. The molecule has 0 radical (unpaired) electrons. The topological polar surface area (TPSA) is 57.5 Å². The normalized spacial score (nSPS) is 28.8. The van der Waals surface area contributed by atoms with Gasteiger partial charge in [-0.25, -0.2) is 0 Å². The van der Waals surface area contributed by atoms with Gasteiger partial charge in [0.2, 0.25) is 0 Å². The van der Waals surface area contributed by atoms with Crippen molar-refractivity contribution in [2.24, 2.45) is 35.5 Å². The zero-order valence-corrected chi connectivity index (χ0v) is 31.4. The van der Waals surface area contributed by atoms with Crippen molar-refractivity contribution in [3.63, 3.8) is 0 Å². The van der Waals surface area contributed by atoms with Crippen LogP contribution in [0.1, 0.15) is 172 Å². The molecule has 3 heteroatoms. The van der Waals surface area contributed by atoms with Gasteiger partial charge in [-0.3, -0.25) is 0 Å². The number of aliphatic hydroxyl groups is 1. The van der Waals surface area contributed by atoms with Crippen LogP contribution in [-0.4, -0.2) is 22.6 Å². The number of aldehydes is 1. The largest absolute Gasteiger partial charge is 0.508 e.